The van der Waals surface area contributed by atoms with Crippen molar-refractivity contribution in [3.05, 3.63) is 52.5 Å². The lowest BCUT2D eigenvalue weighted by atomic mass is 9.88. The Kier molecular flexibility index (Phi) is 7.02. The maximum absolute atomic E-state index is 4.95. The topological polar surface area (TPSA) is 68.3 Å². The minimum atomic E-state index is 0.473. The lowest BCUT2D eigenvalue weighted by Crippen LogP contribution is -2.40. The number of nitrogens with one attached hydrogen (secondary N) is 3. The number of piperidine rings is 1. The number of hydrogen-bond donors (Lipinski definition) is 3. The van der Waals surface area contributed by atoms with Crippen LogP contribution in [0.5, 0.6) is 0 Å². The second-order valence-corrected chi connectivity index (χ2v) is 8.92. The highest BCUT2D eigenvalue weighted by Crippen LogP contribution is 2.37. The number of fused-ring (bicyclic) bond motifs is 1. The molecule has 2 unspecified atom stereocenters. The minimum absolute atomic E-state index is 0.473. The molecule has 0 spiro atoms. The Labute approximate surface area is 182 Å². The summed E-state index contributed by atoms with van der Waals surface area (Å²) in [6, 6.07) is 13.1. The van der Waals surface area contributed by atoms with Crippen molar-refractivity contribution in [1.82, 2.24) is 25.5 Å². The van der Waals surface area contributed by atoms with Crippen molar-refractivity contribution in [3.8, 4) is 0 Å². The number of imidazole rings is 1. The van der Waals surface area contributed by atoms with Gasteiger partial charge in [0.05, 0.1) is 11.0 Å². The Hall–Kier alpha value is -2.38. The Morgan fingerprint density at radius 3 is 2.97 bits per heavy atom. The fourth-order valence-electron chi connectivity index (χ4n) is 4.33. The standard InChI is InChI=1S/C23H32N6S/c1-3-24-23(25-13-12-21-27-18-9-4-5-10-19(18)28-21)26-16-17-8-6-14-29(2)22(17)20-11-7-15-30-20/h4-5,7,9-11,15,17,22H,3,6,8,12-14,16H2,1-2H3,(H,27,28)(H2,24,25,26). The van der Waals surface area contributed by atoms with Crippen LogP contribution in [0.2, 0.25) is 0 Å². The zero-order valence-electron chi connectivity index (χ0n) is 17.9. The lowest BCUT2D eigenvalue weighted by molar-refractivity contribution is 0.128. The van der Waals surface area contributed by atoms with Crippen LogP contribution >= 0.6 is 11.3 Å². The molecule has 0 bridgehead atoms. The van der Waals surface area contributed by atoms with Gasteiger partial charge in [0.2, 0.25) is 0 Å². The molecular formula is C23H32N6S. The zero-order chi connectivity index (χ0) is 20.8. The predicted octanol–water partition coefficient (Wildman–Crippen LogP) is 3.81. The first-order valence-electron chi connectivity index (χ1n) is 10.9. The maximum Gasteiger partial charge on any atom is 0.191 e. The zero-order valence-corrected chi connectivity index (χ0v) is 18.7. The van der Waals surface area contributed by atoms with Crippen LogP contribution in [-0.2, 0) is 6.42 Å². The number of nitrogens with zero attached hydrogens (tertiary/aromatic N) is 3. The number of rotatable bonds is 7. The second kappa shape index (κ2) is 10.1. The third-order valence-corrected chi connectivity index (χ3v) is 6.71. The number of hydrogen-bond acceptors (Lipinski definition) is 4. The van der Waals surface area contributed by atoms with Crippen LogP contribution in [-0.4, -0.2) is 54.1 Å². The molecule has 1 saturated heterocycles. The average molecular weight is 425 g/mol. The Morgan fingerprint density at radius 2 is 2.17 bits per heavy atom. The van der Waals surface area contributed by atoms with E-state index in [2.05, 4.69) is 63.1 Å². The first kappa shape index (κ1) is 20.9. The summed E-state index contributed by atoms with van der Waals surface area (Å²) in [5.41, 5.74) is 2.11. The Morgan fingerprint density at radius 1 is 1.27 bits per heavy atom. The van der Waals surface area contributed by atoms with Crippen LogP contribution in [0.4, 0.5) is 0 Å². The first-order valence-corrected chi connectivity index (χ1v) is 11.8. The molecule has 1 aliphatic rings. The van der Waals surface area contributed by atoms with E-state index in [1.807, 2.05) is 29.5 Å². The quantitative estimate of drug-likeness (QED) is 0.399. The molecular weight excluding hydrogens is 392 g/mol. The molecule has 7 heteroatoms. The van der Waals surface area contributed by atoms with Crippen LogP contribution < -0.4 is 10.6 Å². The van der Waals surface area contributed by atoms with Crippen molar-refractivity contribution in [2.45, 2.75) is 32.2 Å². The van der Waals surface area contributed by atoms with E-state index in [-0.39, 0.29) is 0 Å². The molecule has 30 heavy (non-hydrogen) atoms. The highest BCUT2D eigenvalue weighted by molar-refractivity contribution is 7.10. The van der Waals surface area contributed by atoms with Crippen LogP contribution in [0.3, 0.4) is 0 Å². The third kappa shape index (κ3) is 5.02. The van der Waals surface area contributed by atoms with Gasteiger partial charge in [-0.2, -0.15) is 0 Å². The Bertz CT molecular complexity index is 915. The monoisotopic (exact) mass is 424 g/mol. The van der Waals surface area contributed by atoms with Gasteiger partial charge in [-0.1, -0.05) is 18.2 Å². The van der Waals surface area contributed by atoms with Crippen molar-refractivity contribution >= 4 is 28.3 Å². The number of aliphatic imine (C=N–C) groups is 1. The second-order valence-electron chi connectivity index (χ2n) is 7.94. The number of aromatic amines is 1. The predicted molar refractivity (Wildman–Crippen MR) is 126 cm³/mol. The van der Waals surface area contributed by atoms with E-state index in [0.29, 0.717) is 12.0 Å². The largest absolute Gasteiger partial charge is 0.357 e. The van der Waals surface area contributed by atoms with Gasteiger partial charge in [-0.15, -0.1) is 11.3 Å². The summed E-state index contributed by atoms with van der Waals surface area (Å²) in [4.78, 5) is 17.0. The molecule has 0 saturated carbocycles. The summed E-state index contributed by atoms with van der Waals surface area (Å²) in [6.45, 7) is 5.77. The fourth-order valence-corrected chi connectivity index (χ4v) is 5.32. The van der Waals surface area contributed by atoms with Gasteiger partial charge in [0.25, 0.3) is 0 Å². The molecule has 1 aliphatic heterocycles. The van der Waals surface area contributed by atoms with Gasteiger partial charge in [0.1, 0.15) is 5.82 Å². The van der Waals surface area contributed by atoms with Crippen molar-refractivity contribution in [1.29, 1.82) is 0 Å². The molecule has 0 aliphatic carbocycles. The van der Waals surface area contributed by atoms with Crippen molar-refractivity contribution in [3.63, 3.8) is 0 Å². The molecule has 1 aromatic carbocycles. The van der Waals surface area contributed by atoms with Crippen LogP contribution in [0.25, 0.3) is 11.0 Å². The highest BCUT2D eigenvalue weighted by atomic mass is 32.1. The molecule has 4 rings (SSSR count). The first-order chi connectivity index (χ1) is 14.7. The fraction of sp³-hybridized carbons (Fsp3) is 0.478. The summed E-state index contributed by atoms with van der Waals surface area (Å²) in [7, 11) is 2.25. The van der Waals surface area contributed by atoms with E-state index in [1.54, 1.807) is 0 Å². The highest BCUT2D eigenvalue weighted by Gasteiger charge is 2.31. The van der Waals surface area contributed by atoms with Crippen molar-refractivity contribution in [2.24, 2.45) is 10.9 Å². The van der Waals surface area contributed by atoms with Crippen molar-refractivity contribution in [2.75, 3.05) is 33.2 Å². The number of likely N-dealkylation sites (tertiary alicyclic amines) is 1. The summed E-state index contributed by atoms with van der Waals surface area (Å²) in [5.74, 6) is 2.45. The van der Waals surface area contributed by atoms with Gasteiger partial charge in [0.15, 0.2) is 5.96 Å². The van der Waals surface area contributed by atoms with Crippen LogP contribution in [0.15, 0.2) is 46.8 Å². The number of aromatic nitrogens is 2. The van der Waals surface area contributed by atoms with Gasteiger partial charge in [-0.25, -0.2) is 4.98 Å². The van der Waals surface area contributed by atoms with Crippen LogP contribution in [0, 0.1) is 5.92 Å². The average Bonchev–Trinajstić information content (AvgIpc) is 3.41. The van der Waals surface area contributed by atoms with Crippen molar-refractivity contribution < 1.29 is 0 Å². The van der Waals surface area contributed by atoms with E-state index >= 15 is 0 Å². The van der Waals surface area contributed by atoms with E-state index in [1.165, 1.54) is 24.3 Å². The smallest absolute Gasteiger partial charge is 0.191 e. The summed E-state index contributed by atoms with van der Waals surface area (Å²) in [6.07, 6.45) is 3.31. The van der Waals surface area contributed by atoms with Gasteiger partial charge >= 0.3 is 0 Å². The molecule has 0 radical (unpaired) electrons. The number of guanidine groups is 1. The van der Waals surface area contributed by atoms with E-state index < -0.39 is 0 Å². The summed E-state index contributed by atoms with van der Waals surface area (Å²) < 4.78 is 0. The summed E-state index contributed by atoms with van der Waals surface area (Å²) in [5, 5.41) is 9.06. The van der Waals surface area contributed by atoms with Gasteiger partial charge in [-0.3, -0.25) is 9.89 Å². The number of benzene rings is 1. The Balaban J connectivity index is 1.36. The number of para-hydroxylation sites is 2. The van der Waals surface area contributed by atoms with E-state index in [0.717, 1.165) is 48.9 Å². The molecule has 0 amide bonds. The lowest BCUT2D eigenvalue weighted by Gasteiger charge is -2.38. The SMILES string of the molecule is CCNC(=NCC1CCCN(C)C1c1cccs1)NCCc1nc2ccccc2[nH]1. The third-order valence-electron chi connectivity index (χ3n) is 5.76. The van der Waals surface area contributed by atoms with Gasteiger partial charge in [-0.05, 0) is 62.9 Å². The normalized spacial score (nSPS) is 20.5. The molecule has 3 aromatic rings. The molecule has 2 atom stereocenters. The van der Waals surface area contributed by atoms with Gasteiger partial charge in [0, 0.05) is 37.0 Å². The van der Waals surface area contributed by atoms with Gasteiger partial charge < -0.3 is 15.6 Å². The van der Waals surface area contributed by atoms with E-state index in [9.17, 15) is 0 Å². The molecule has 2 aromatic heterocycles. The number of thiophene rings is 1. The number of H-pyrrole nitrogens is 1. The molecule has 1 fully saturated rings. The minimum Gasteiger partial charge on any atom is -0.357 e. The van der Waals surface area contributed by atoms with Crippen LogP contribution in [0.1, 0.15) is 36.5 Å². The molecule has 160 valence electrons. The summed E-state index contributed by atoms with van der Waals surface area (Å²) >= 11 is 1.86. The van der Waals surface area contributed by atoms with E-state index in [4.69, 9.17) is 4.99 Å². The molecule has 3 N–H and O–H groups in total. The molecule has 6 nitrogen and oxygen atoms in total. The molecule has 3 heterocycles. The maximum atomic E-state index is 4.95.